The van der Waals surface area contributed by atoms with Gasteiger partial charge in [-0.15, -0.1) is 0 Å². The summed E-state index contributed by atoms with van der Waals surface area (Å²) in [4.78, 5) is 0. The highest BCUT2D eigenvalue weighted by atomic mass is 35.5. The van der Waals surface area contributed by atoms with Crippen molar-refractivity contribution in [2.24, 2.45) is 5.92 Å². The summed E-state index contributed by atoms with van der Waals surface area (Å²) in [6, 6.07) is 4.78. The molecule has 3 heteroatoms. The molecule has 0 saturated heterocycles. The van der Waals surface area contributed by atoms with Crippen molar-refractivity contribution in [3.05, 3.63) is 34.6 Å². The van der Waals surface area contributed by atoms with Crippen LogP contribution in [-0.4, -0.2) is 11.2 Å². The zero-order valence-electron chi connectivity index (χ0n) is 8.42. The van der Waals surface area contributed by atoms with Crippen molar-refractivity contribution in [3.63, 3.8) is 0 Å². The van der Waals surface area contributed by atoms with Gasteiger partial charge in [0.1, 0.15) is 5.82 Å². The van der Waals surface area contributed by atoms with Crippen molar-refractivity contribution in [2.45, 2.75) is 31.8 Å². The molecule has 1 fully saturated rings. The van der Waals surface area contributed by atoms with E-state index in [1.54, 1.807) is 12.1 Å². The lowest BCUT2D eigenvalue weighted by Crippen LogP contribution is -2.15. The second-order valence-corrected chi connectivity index (χ2v) is 4.62. The summed E-state index contributed by atoms with van der Waals surface area (Å²) in [6.07, 6.45) is 3.62. The van der Waals surface area contributed by atoms with Gasteiger partial charge < -0.3 is 5.11 Å². The van der Waals surface area contributed by atoms with E-state index in [2.05, 4.69) is 0 Å². The maximum absolute atomic E-state index is 12.9. The molecule has 1 aliphatic carbocycles. The Balaban J connectivity index is 2.07. The average Bonchev–Trinajstić information content (AvgIpc) is 2.59. The predicted molar refractivity (Wildman–Crippen MR) is 58.5 cm³/mol. The minimum Gasteiger partial charge on any atom is -0.393 e. The van der Waals surface area contributed by atoms with Gasteiger partial charge in [-0.25, -0.2) is 4.39 Å². The summed E-state index contributed by atoms with van der Waals surface area (Å²) < 4.78 is 12.9. The summed E-state index contributed by atoms with van der Waals surface area (Å²) in [6.45, 7) is 0. The summed E-state index contributed by atoms with van der Waals surface area (Å²) >= 11 is 5.70. The molecule has 0 amide bonds. The smallest absolute Gasteiger partial charge is 0.141 e. The minimum atomic E-state index is -0.382. The fourth-order valence-electron chi connectivity index (χ4n) is 2.22. The van der Waals surface area contributed by atoms with Crippen LogP contribution >= 0.6 is 11.6 Å². The molecular formula is C12H14ClFO. The third kappa shape index (κ3) is 2.50. The molecule has 2 rings (SSSR count). The fourth-order valence-corrected chi connectivity index (χ4v) is 2.43. The molecule has 1 N–H and O–H groups in total. The maximum Gasteiger partial charge on any atom is 0.141 e. The Morgan fingerprint density at radius 1 is 1.40 bits per heavy atom. The standard InChI is InChI=1S/C12H14ClFO/c13-10-7-8(4-5-11(10)14)6-9-2-1-3-12(9)15/h4-5,7,9,12,15H,1-3,6H2. The quantitative estimate of drug-likeness (QED) is 0.824. The van der Waals surface area contributed by atoms with Crippen LogP contribution in [0.1, 0.15) is 24.8 Å². The number of benzene rings is 1. The lowest BCUT2D eigenvalue weighted by Gasteiger charge is -2.14. The first-order chi connectivity index (χ1) is 7.16. The van der Waals surface area contributed by atoms with Crippen molar-refractivity contribution in [1.82, 2.24) is 0 Å². The Morgan fingerprint density at radius 3 is 2.80 bits per heavy atom. The molecule has 1 aliphatic rings. The Labute approximate surface area is 93.9 Å². The molecule has 1 saturated carbocycles. The van der Waals surface area contributed by atoms with Crippen molar-refractivity contribution in [3.8, 4) is 0 Å². The molecule has 1 aromatic rings. The molecule has 0 bridgehead atoms. The lowest BCUT2D eigenvalue weighted by atomic mass is 9.96. The largest absolute Gasteiger partial charge is 0.393 e. The van der Waals surface area contributed by atoms with Crippen LogP contribution in [-0.2, 0) is 6.42 Å². The third-order valence-electron chi connectivity index (χ3n) is 3.10. The SMILES string of the molecule is OC1CCCC1Cc1ccc(F)c(Cl)c1. The number of halogens is 2. The van der Waals surface area contributed by atoms with E-state index in [9.17, 15) is 9.50 Å². The zero-order valence-corrected chi connectivity index (χ0v) is 9.17. The molecule has 0 aromatic heterocycles. The molecule has 1 nitrogen and oxygen atoms in total. The summed E-state index contributed by atoms with van der Waals surface area (Å²) in [5.74, 6) is -0.0704. The van der Waals surface area contributed by atoms with Gasteiger partial charge in [0.15, 0.2) is 0 Å². The second kappa shape index (κ2) is 4.50. The summed E-state index contributed by atoms with van der Waals surface area (Å²) in [7, 11) is 0. The topological polar surface area (TPSA) is 20.2 Å². The second-order valence-electron chi connectivity index (χ2n) is 4.21. The zero-order chi connectivity index (χ0) is 10.8. The first-order valence-electron chi connectivity index (χ1n) is 5.29. The molecule has 0 aliphatic heterocycles. The number of rotatable bonds is 2. The maximum atomic E-state index is 12.9. The minimum absolute atomic E-state index is 0.167. The van der Waals surface area contributed by atoms with Gasteiger partial charge in [-0.2, -0.15) is 0 Å². The molecule has 15 heavy (non-hydrogen) atoms. The van der Waals surface area contributed by atoms with Gasteiger partial charge in [-0.3, -0.25) is 0 Å². The highest BCUT2D eigenvalue weighted by Gasteiger charge is 2.25. The highest BCUT2D eigenvalue weighted by Crippen LogP contribution is 2.29. The van der Waals surface area contributed by atoms with Crippen LogP contribution < -0.4 is 0 Å². The van der Waals surface area contributed by atoms with Crippen LogP contribution in [0.25, 0.3) is 0 Å². The van der Waals surface area contributed by atoms with Gasteiger partial charge in [0, 0.05) is 0 Å². The Morgan fingerprint density at radius 2 is 2.20 bits per heavy atom. The van der Waals surface area contributed by atoms with Gasteiger partial charge >= 0.3 is 0 Å². The normalized spacial score (nSPS) is 25.8. The molecule has 1 aromatic carbocycles. The monoisotopic (exact) mass is 228 g/mol. The van der Waals surface area contributed by atoms with Gasteiger partial charge in [0.25, 0.3) is 0 Å². The first-order valence-corrected chi connectivity index (χ1v) is 5.66. The molecule has 0 spiro atoms. The molecule has 0 radical (unpaired) electrons. The van der Waals surface area contributed by atoms with E-state index in [4.69, 9.17) is 11.6 Å². The molecule has 0 heterocycles. The summed E-state index contributed by atoms with van der Waals surface area (Å²) in [5, 5.41) is 9.83. The van der Waals surface area contributed by atoms with E-state index in [0.29, 0.717) is 5.92 Å². The number of aliphatic hydroxyl groups is 1. The summed E-state index contributed by atoms with van der Waals surface area (Å²) in [5.41, 5.74) is 1.01. The van der Waals surface area contributed by atoms with Crippen LogP contribution in [0.3, 0.4) is 0 Å². The molecule has 2 unspecified atom stereocenters. The number of hydrogen-bond donors (Lipinski definition) is 1. The van der Waals surface area contributed by atoms with E-state index in [0.717, 1.165) is 31.2 Å². The van der Waals surface area contributed by atoms with Gasteiger partial charge in [0.2, 0.25) is 0 Å². The van der Waals surface area contributed by atoms with E-state index < -0.39 is 0 Å². The Hall–Kier alpha value is -0.600. The predicted octanol–water partition coefficient (Wildman–Crippen LogP) is 3.18. The van der Waals surface area contributed by atoms with Gasteiger partial charge in [-0.1, -0.05) is 24.1 Å². The number of aliphatic hydroxyl groups excluding tert-OH is 1. The Bertz CT molecular complexity index is 353. The van der Waals surface area contributed by atoms with Gasteiger partial charge in [-0.05, 0) is 42.9 Å². The first kappa shape index (κ1) is 10.9. The van der Waals surface area contributed by atoms with Crippen molar-refractivity contribution in [1.29, 1.82) is 0 Å². The van der Waals surface area contributed by atoms with E-state index >= 15 is 0 Å². The van der Waals surface area contributed by atoms with Gasteiger partial charge in [0.05, 0.1) is 11.1 Å². The molecule has 2 atom stereocenters. The van der Waals surface area contributed by atoms with E-state index in [1.165, 1.54) is 6.07 Å². The Kier molecular flexibility index (Phi) is 3.27. The number of hydrogen-bond acceptors (Lipinski definition) is 1. The van der Waals surface area contributed by atoms with Crippen LogP contribution in [0, 0.1) is 11.7 Å². The highest BCUT2D eigenvalue weighted by molar-refractivity contribution is 6.30. The average molecular weight is 229 g/mol. The van der Waals surface area contributed by atoms with Crippen LogP contribution in [0.5, 0.6) is 0 Å². The van der Waals surface area contributed by atoms with E-state index in [-0.39, 0.29) is 16.9 Å². The lowest BCUT2D eigenvalue weighted by molar-refractivity contribution is 0.132. The van der Waals surface area contributed by atoms with Crippen molar-refractivity contribution < 1.29 is 9.50 Å². The van der Waals surface area contributed by atoms with E-state index in [1.807, 2.05) is 0 Å². The third-order valence-corrected chi connectivity index (χ3v) is 3.39. The van der Waals surface area contributed by atoms with Crippen molar-refractivity contribution in [2.75, 3.05) is 0 Å². The van der Waals surface area contributed by atoms with Crippen LogP contribution in [0.4, 0.5) is 4.39 Å². The fraction of sp³-hybridized carbons (Fsp3) is 0.500. The molecular weight excluding hydrogens is 215 g/mol. The van der Waals surface area contributed by atoms with Crippen molar-refractivity contribution >= 4 is 11.6 Å². The van der Waals surface area contributed by atoms with Crippen LogP contribution in [0.15, 0.2) is 18.2 Å². The molecule has 82 valence electrons. The van der Waals surface area contributed by atoms with Crippen LogP contribution in [0.2, 0.25) is 5.02 Å².